The Balaban J connectivity index is 1.35. The molecule has 2 aromatic rings. The highest BCUT2D eigenvalue weighted by atomic mass is 16.1. The minimum Gasteiger partial charge on any atom is -0.354 e. The maximum absolute atomic E-state index is 12.2. The van der Waals surface area contributed by atoms with Crippen molar-refractivity contribution in [3.63, 3.8) is 0 Å². The van der Waals surface area contributed by atoms with E-state index in [1.807, 2.05) is 24.4 Å². The smallest absolute Gasteiger partial charge is 0.251 e. The highest BCUT2D eigenvalue weighted by Gasteiger charge is 2.24. The summed E-state index contributed by atoms with van der Waals surface area (Å²) in [5.74, 6) is 0.904. The number of piperazine rings is 1. The van der Waals surface area contributed by atoms with E-state index in [1.165, 1.54) is 0 Å². The van der Waals surface area contributed by atoms with Crippen LogP contribution in [0.4, 0.5) is 5.82 Å². The molecule has 6 heteroatoms. The normalized spacial score (nSPS) is 18.2. The number of pyridine rings is 2. The van der Waals surface area contributed by atoms with Gasteiger partial charge < -0.3 is 10.2 Å². The van der Waals surface area contributed by atoms with Crippen molar-refractivity contribution in [3.05, 3.63) is 54.0 Å². The van der Waals surface area contributed by atoms with E-state index in [0.29, 0.717) is 11.6 Å². The molecule has 1 aliphatic heterocycles. The molecule has 2 aliphatic rings. The predicted molar refractivity (Wildman–Crippen MR) is 96.5 cm³/mol. The van der Waals surface area contributed by atoms with E-state index >= 15 is 0 Å². The van der Waals surface area contributed by atoms with Crippen molar-refractivity contribution in [3.8, 4) is 0 Å². The molecule has 0 unspecified atom stereocenters. The van der Waals surface area contributed by atoms with Gasteiger partial charge in [-0.1, -0.05) is 6.07 Å². The Hall–Kier alpha value is -2.47. The van der Waals surface area contributed by atoms with Gasteiger partial charge in [-0.3, -0.25) is 14.7 Å². The maximum Gasteiger partial charge on any atom is 0.251 e. The lowest BCUT2D eigenvalue weighted by molar-refractivity contribution is 0.0951. The van der Waals surface area contributed by atoms with E-state index in [4.69, 9.17) is 0 Å². The van der Waals surface area contributed by atoms with Crippen molar-refractivity contribution in [1.29, 1.82) is 0 Å². The molecule has 2 aromatic heterocycles. The number of anilines is 1. The quantitative estimate of drug-likeness (QED) is 0.900. The Morgan fingerprint density at radius 3 is 2.64 bits per heavy atom. The van der Waals surface area contributed by atoms with Crippen LogP contribution in [-0.2, 0) is 6.54 Å². The molecular weight excluding hydrogens is 314 g/mol. The SMILES string of the molecule is O=C(NC1CC1)c1ccnc(N2CCN(Cc3ccccn3)CC2)c1. The van der Waals surface area contributed by atoms with Gasteiger partial charge in [0.25, 0.3) is 5.91 Å². The van der Waals surface area contributed by atoms with Crippen LogP contribution in [0.3, 0.4) is 0 Å². The number of carbonyl (C=O) groups excluding carboxylic acids is 1. The molecule has 0 spiro atoms. The lowest BCUT2D eigenvalue weighted by Crippen LogP contribution is -2.46. The standard InChI is InChI=1S/C19H23N5O/c25-19(22-16-4-5-16)15-6-8-21-18(13-15)24-11-9-23(10-12-24)14-17-3-1-2-7-20-17/h1-3,6-8,13,16H,4-5,9-12,14H2,(H,22,25). The minimum atomic E-state index is 0.0138. The van der Waals surface area contributed by atoms with Crippen molar-refractivity contribution in [1.82, 2.24) is 20.2 Å². The van der Waals surface area contributed by atoms with Gasteiger partial charge in [-0.05, 0) is 37.1 Å². The fraction of sp³-hybridized carbons (Fsp3) is 0.421. The molecule has 4 rings (SSSR count). The summed E-state index contributed by atoms with van der Waals surface area (Å²) in [6.45, 7) is 4.64. The largest absolute Gasteiger partial charge is 0.354 e. The molecule has 1 aliphatic carbocycles. The van der Waals surface area contributed by atoms with Crippen molar-refractivity contribution < 1.29 is 4.79 Å². The first-order valence-corrected chi connectivity index (χ1v) is 8.92. The number of amides is 1. The second-order valence-electron chi connectivity index (χ2n) is 6.73. The molecule has 1 saturated heterocycles. The van der Waals surface area contributed by atoms with Gasteiger partial charge in [-0.15, -0.1) is 0 Å². The Bertz CT molecular complexity index is 724. The van der Waals surface area contributed by atoms with Crippen LogP contribution < -0.4 is 10.2 Å². The van der Waals surface area contributed by atoms with Crippen LogP contribution in [0.15, 0.2) is 42.7 Å². The van der Waals surface area contributed by atoms with Crippen molar-refractivity contribution in [2.24, 2.45) is 0 Å². The third-order valence-electron chi connectivity index (χ3n) is 4.73. The third kappa shape index (κ3) is 4.14. The first-order valence-electron chi connectivity index (χ1n) is 8.92. The van der Waals surface area contributed by atoms with E-state index in [2.05, 4.69) is 31.2 Å². The summed E-state index contributed by atoms with van der Waals surface area (Å²) in [5.41, 5.74) is 1.81. The predicted octanol–water partition coefficient (Wildman–Crippen LogP) is 1.69. The first kappa shape index (κ1) is 16.0. The van der Waals surface area contributed by atoms with Gasteiger partial charge in [0, 0.05) is 56.7 Å². The number of nitrogens with one attached hydrogen (secondary N) is 1. The lowest BCUT2D eigenvalue weighted by Gasteiger charge is -2.35. The number of carbonyl (C=O) groups is 1. The number of hydrogen-bond donors (Lipinski definition) is 1. The van der Waals surface area contributed by atoms with Gasteiger partial charge >= 0.3 is 0 Å². The van der Waals surface area contributed by atoms with Crippen LogP contribution in [0, 0.1) is 0 Å². The van der Waals surface area contributed by atoms with Gasteiger partial charge in [0.15, 0.2) is 0 Å². The Morgan fingerprint density at radius 2 is 1.92 bits per heavy atom. The number of nitrogens with zero attached hydrogens (tertiary/aromatic N) is 4. The topological polar surface area (TPSA) is 61.4 Å². The number of hydrogen-bond acceptors (Lipinski definition) is 5. The number of rotatable bonds is 5. The summed E-state index contributed by atoms with van der Waals surface area (Å²) >= 11 is 0. The molecule has 1 N–H and O–H groups in total. The fourth-order valence-corrected chi connectivity index (χ4v) is 3.08. The summed E-state index contributed by atoms with van der Waals surface area (Å²) in [6, 6.07) is 10.1. The molecule has 25 heavy (non-hydrogen) atoms. The molecule has 6 nitrogen and oxygen atoms in total. The van der Waals surface area contributed by atoms with Gasteiger partial charge in [-0.2, -0.15) is 0 Å². The Labute approximate surface area is 147 Å². The van der Waals surface area contributed by atoms with Gasteiger partial charge in [0.05, 0.1) is 5.69 Å². The average Bonchev–Trinajstić information content (AvgIpc) is 3.47. The molecule has 0 bridgehead atoms. The van der Waals surface area contributed by atoms with Crippen LogP contribution in [-0.4, -0.2) is 53.0 Å². The first-order chi connectivity index (χ1) is 12.3. The second kappa shape index (κ2) is 7.19. The van der Waals surface area contributed by atoms with Crippen molar-refractivity contribution in [2.45, 2.75) is 25.4 Å². The van der Waals surface area contributed by atoms with E-state index < -0.39 is 0 Å². The summed E-state index contributed by atoms with van der Waals surface area (Å²) < 4.78 is 0. The van der Waals surface area contributed by atoms with Gasteiger partial charge in [0.1, 0.15) is 5.82 Å². The third-order valence-corrected chi connectivity index (χ3v) is 4.73. The number of aromatic nitrogens is 2. The molecule has 1 saturated carbocycles. The fourth-order valence-electron chi connectivity index (χ4n) is 3.08. The summed E-state index contributed by atoms with van der Waals surface area (Å²) in [4.78, 5) is 25.7. The van der Waals surface area contributed by atoms with E-state index in [0.717, 1.165) is 57.1 Å². The second-order valence-corrected chi connectivity index (χ2v) is 6.73. The molecule has 0 aromatic carbocycles. The Morgan fingerprint density at radius 1 is 1.08 bits per heavy atom. The highest BCUT2D eigenvalue weighted by molar-refractivity contribution is 5.95. The van der Waals surface area contributed by atoms with Crippen LogP contribution in [0.1, 0.15) is 28.9 Å². The highest BCUT2D eigenvalue weighted by Crippen LogP contribution is 2.20. The van der Waals surface area contributed by atoms with E-state index in [-0.39, 0.29) is 5.91 Å². The van der Waals surface area contributed by atoms with Crippen molar-refractivity contribution >= 4 is 11.7 Å². The van der Waals surface area contributed by atoms with Crippen molar-refractivity contribution in [2.75, 3.05) is 31.1 Å². The van der Waals surface area contributed by atoms with Crippen LogP contribution in [0.2, 0.25) is 0 Å². The molecule has 0 atom stereocenters. The lowest BCUT2D eigenvalue weighted by atomic mass is 10.2. The average molecular weight is 337 g/mol. The van der Waals surface area contributed by atoms with Gasteiger partial charge in [0.2, 0.25) is 0 Å². The van der Waals surface area contributed by atoms with Crippen LogP contribution in [0.5, 0.6) is 0 Å². The summed E-state index contributed by atoms with van der Waals surface area (Å²) in [5, 5.41) is 3.03. The summed E-state index contributed by atoms with van der Waals surface area (Å²) in [6.07, 6.45) is 5.77. The molecular formula is C19H23N5O. The monoisotopic (exact) mass is 337 g/mol. The minimum absolute atomic E-state index is 0.0138. The summed E-state index contributed by atoms with van der Waals surface area (Å²) in [7, 11) is 0. The van der Waals surface area contributed by atoms with E-state index in [1.54, 1.807) is 12.3 Å². The molecule has 3 heterocycles. The molecule has 130 valence electrons. The van der Waals surface area contributed by atoms with Gasteiger partial charge in [-0.25, -0.2) is 4.98 Å². The zero-order chi connectivity index (χ0) is 17.1. The van der Waals surface area contributed by atoms with Crippen LogP contribution in [0.25, 0.3) is 0 Å². The van der Waals surface area contributed by atoms with Crippen LogP contribution >= 0.6 is 0 Å². The molecule has 0 radical (unpaired) electrons. The Kier molecular flexibility index (Phi) is 4.61. The zero-order valence-corrected chi connectivity index (χ0v) is 14.3. The zero-order valence-electron chi connectivity index (χ0n) is 14.3. The molecule has 1 amide bonds. The van der Waals surface area contributed by atoms with E-state index in [9.17, 15) is 4.79 Å². The molecule has 2 fully saturated rings. The maximum atomic E-state index is 12.2.